The van der Waals surface area contributed by atoms with Gasteiger partial charge in [0.25, 0.3) is 5.91 Å². The molecule has 2 amide bonds. The summed E-state index contributed by atoms with van der Waals surface area (Å²) in [7, 11) is 0. The SMILES string of the molecule is CC(C)(C)OC(=O)N[C@@]1(CC(=C(C#N)C#N)c2cccc(Cl)c2)C(=O)N(Cc2ccccc2)c2ccccc21. The molecule has 0 unspecified atom stereocenters. The Hall–Kier alpha value is -4.59. The van der Waals surface area contributed by atoms with Crippen molar-refractivity contribution in [2.24, 2.45) is 0 Å². The van der Waals surface area contributed by atoms with Crippen LogP contribution in [-0.4, -0.2) is 17.6 Å². The molecule has 1 aliphatic rings. The molecule has 1 aliphatic heterocycles. The van der Waals surface area contributed by atoms with E-state index in [0.29, 0.717) is 21.8 Å². The van der Waals surface area contributed by atoms with Crippen molar-refractivity contribution in [1.29, 1.82) is 10.5 Å². The summed E-state index contributed by atoms with van der Waals surface area (Å²) in [6.07, 6.45) is -0.974. The number of alkyl carbamates (subject to hydrolysis) is 1. The summed E-state index contributed by atoms with van der Waals surface area (Å²) >= 11 is 6.26. The maximum atomic E-state index is 14.5. The fraction of sp³-hybridized carbons (Fsp3) is 0.226. The van der Waals surface area contributed by atoms with E-state index in [1.54, 1.807) is 62.1 Å². The van der Waals surface area contributed by atoms with Gasteiger partial charge in [0, 0.05) is 17.0 Å². The van der Waals surface area contributed by atoms with Crippen molar-refractivity contribution in [3.63, 3.8) is 0 Å². The van der Waals surface area contributed by atoms with Gasteiger partial charge in [-0.2, -0.15) is 10.5 Å². The summed E-state index contributed by atoms with van der Waals surface area (Å²) in [5, 5.41) is 23.0. The summed E-state index contributed by atoms with van der Waals surface area (Å²) in [4.78, 5) is 29.3. The lowest BCUT2D eigenvalue weighted by Crippen LogP contribution is -2.54. The van der Waals surface area contributed by atoms with E-state index in [4.69, 9.17) is 16.3 Å². The first-order valence-corrected chi connectivity index (χ1v) is 12.7. The van der Waals surface area contributed by atoms with E-state index in [-0.39, 0.29) is 24.1 Å². The second-order valence-corrected chi connectivity index (χ2v) is 10.6. The number of hydrogen-bond acceptors (Lipinski definition) is 5. The van der Waals surface area contributed by atoms with Gasteiger partial charge in [-0.05, 0) is 55.7 Å². The van der Waals surface area contributed by atoms with Gasteiger partial charge in [0.2, 0.25) is 0 Å². The fourth-order valence-corrected chi connectivity index (χ4v) is 4.89. The molecule has 0 aliphatic carbocycles. The van der Waals surface area contributed by atoms with Crippen LogP contribution in [0.15, 0.2) is 84.4 Å². The summed E-state index contributed by atoms with van der Waals surface area (Å²) in [5.74, 6) is -0.409. The highest BCUT2D eigenvalue weighted by atomic mass is 35.5. The number of ether oxygens (including phenoxy) is 1. The molecule has 39 heavy (non-hydrogen) atoms. The van der Waals surface area contributed by atoms with Gasteiger partial charge in [-0.25, -0.2) is 4.79 Å². The first kappa shape index (κ1) is 27.4. The van der Waals surface area contributed by atoms with Gasteiger partial charge in [0.1, 0.15) is 23.3 Å². The highest BCUT2D eigenvalue weighted by Gasteiger charge is 2.53. The molecule has 0 saturated carbocycles. The van der Waals surface area contributed by atoms with Crippen LogP contribution in [0.1, 0.15) is 43.9 Å². The molecule has 0 bridgehead atoms. The van der Waals surface area contributed by atoms with Crippen molar-refractivity contribution in [2.45, 2.75) is 44.9 Å². The Labute approximate surface area is 232 Å². The lowest BCUT2D eigenvalue weighted by atomic mass is 9.81. The van der Waals surface area contributed by atoms with Gasteiger partial charge in [-0.15, -0.1) is 0 Å². The molecular formula is C31H27ClN4O3. The smallest absolute Gasteiger partial charge is 0.408 e. The predicted molar refractivity (Wildman–Crippen MR) is 149 cm³/mol. The zero-order chi connectivity index (χ0) is 28.2. The lowest BCUT2D eigenvalue weighted by Gasteiger charge is -2.32. The van der Waals surface area contributed by atoms with E-state index in [2.05, 4.69) is 5.32 Å². The first-order chi connectivity index (χ1) is 18.6. The van der Waals surface area contributed by atoms with E-state index in [1.807, 2.05) is 54.6 Å². The van der Waals surface area contributed by atoms with Crippen LogP contribution in [0, 0.1) is 22.7 Å². The first-order valence-electron chi connectivity index (χ1n) is 12.3. The van der Waals surface area contributed by atoms with Crippen molar-refractivity contribution in [2.75, 3.05) is 4.90 Å². The molecule has 1 atom stereocenters. The number of nitrogens with one attached hydrogen (secondary N) is 1. The molecular weight excluding hydrogens is 512 g/mol. The van der Waals surface area contributed by atoms with Crippen molar-refractivity contribution in [1.82, 2.24) is 5.32 Å². The molecule has 0 saturated heterocycles. The number of allylic oxidation sites excluding steroid dienone is 1. The van der Waals surface area contributed by atoms with Crippen molar-refractivity contribution >= 4 is 34.9 Å². The van der Waals surface area contributed by atoms with Crippen LogP contribution in [0.25, 0.3) is 5.57 Å². The molecule has 1 N–H and O–H groups in total. The number of nitrogens with zero attached hydrogens (tertiary/aromatic N) is 3. The van der Waals surface area contributed by atoms with Gasteiger partial charge in [0.05, 0.1) is 12.2 Å². The third kappa shape index (κ3) is 5.80. The normalized spacial score (nSPS) is 16.1. The van der Waals surface area contributed by atoms with Crippen LogP contribution in [-0.2, 0) is 21.6 Å². The number of halogens is 1. The number of anilines is 1. The zero-order valence-electron chi connectivity index (χ0n) is 21.9. The van der Waals surface area contributed by atoms with Crippen LogP contribution in [0.2, 0.25) is 5.02 Å². The van der Waals surface area contributed by atoms with Crippen LogP contribution >= 0.6 is 11.6 Å². The van der Waals surface area contributed by atoms with Crippen molar-refractivity contribution < 1.29 is 14.3 Å². The molecule has 3 aromatic rings. The van der Waals surface area contributed by atoms with E-state index in [9.17, 15) is 20.1 Å². The number of hydrogen-bond donors (Lipinski definition) is 1. The topological polar surface area (TPSA) is 106 Å². The maximum Gasteiger partial charge on any atom is 0.408 e. The van der Waals surface area contributed by atoms with Crippen LogP contribution in [0.3, 0.4) is 0 Å². The minimum Gasteiger partial charge on any atom is -0.444 e. The number of fused-ring (bicyclic) bond motifs is 1. The van der Waals surface area contributed by atoms with Gasteiger partial charge < -0.3 is 15.0 Å². The second kappa shape index (κ2) is 11.0. The quantitative estimate of drug-likeness (QED) is 0.361. The van der Waals surface area contributed by atoms with E-state index >= 15 is 0 Å². The van der Waals surface area contributed by atoms with E-state index < -0.39 is 23.1 Å². The molecule has 0 radical (unpaired) electrons. The van der Waals surface area contributed by atoms with Crippen molar-refractivity contribution in [3.8, 4) is 12.1 Å². The monoisotopic (exact) mass is 538 g/mol. The van der Waals surface area contributed by atoms with Gasteiger partial charge in [-0.1, -0.05) is 72.3 Å². The third-order valence-electron chi connectivity index (χ3n) is 6.30. The Morgan fingerprint density at radius 3 is 2.31 bits per heavy atom. The fourth-order valence-electron chi connectivity index (χ4n) is 4.70. The molecule has 4 rings (SSSR count). The van der Waals surface area contributed by atoms with E-state index in [1.165, 1.54) is 0 Å². The van der Waals surface area contributed by atoms with Gasteiger partial charge >= 0.3 is 6.09 Å². The molecule has 0 fully saturated rings. The molecule has 1 heterocycles. The molecule has 0 aromatic heterocycles. The zero-order valence-corrected chi connectivity index (χ0v) is 22.6. The van der Waals surface area contributed by atoms with Crippen molar-refractivity contribution in [3.05, 3.63) is 106 Å². The molecule has 3 aromatic carbocycles. The number of carbonyl (C=O) groups excluding carboxylic acids is 2. The van der Waals surface area contributed by atoms with Gasteiger partial charge in [0.15, 0.2) is 5.54 Å². The summed E-state index contributed by atoms with van der Waals surface area (Å²) in [6, 6.07) is 27.3. The Morgan fingerprint density at radius 2 is 1.67 bits per heavy atom. The highest BCUT2D eigenvalue weighted by Crippen LogP contribution is 2.46. The highest BCUT2D eigenvalue weighted by molar-refractivity contribution is 6.30. The average Bonchev–Trinajstić information content (AvgIpc) is 3.11. The van der Waals surface area contributed by atoms with Crippen LogP contribution < -0.4 is 10.2 Å². The number of para-hydroxylation sites is 1. The number of benzene rings is 3. The Kier molecular flexibility index (Phi) is 7.76. The standard InChI is InChI=1S/C31H27ClN4O3/c1-30(2,3)39-29(38)35-31(17-25(23(18-33)19-34)22-12-9-13-24(32)16-22)26-14-7-8-15-27(26)36(28(31)37)20-21-10-5-4-6-11-21/h4-16H,17,20H2,1-3H3,(H,35,38)/t31-/m1/s1. The molecule has 7 nitrogen and oxygen atoms in total. The van der Waals surface area contributed by atoms with E-state index in [0.717, 1.165) is 5.56 Å². The number of carbonyl (C=O) groups is 2. The molecule has 196 valence electrons. The number of nitriles is 2. The third-order valence-corrected chi connectivity index (χ3v) is 6.54. The summed E-state index contributed by atoms with van der Waals surface area (Å²) in [6.45, 7) is 5.44. The van der Waals surface area contributed by atoms with Crippen LogP contribution in [0.4, 0.5) is 10.5 Å². The van der Waals surface area contributed by atoms with Crippen LogP contribution in [0.5, 0.6) is 0 Å². The lowest BCUT2D eigenvalue weighted by molar-refractivity contribution is -0.124. The largest absolute Gasteiger partial charge is 0.444 e. The Morgan fingerprint density at radius 1 is 1.00 bits per heavy atom. The average molecular weight is 539 g/mol. The summed E-state index contributed by atoms with van der Waals surface area (Å²) < 4.78 is 5.57. The predicted octanol–water partition coefficient (Wildman–Crippen LogP) is 6.50. The maximum absolute atomic E-state index is 14.5. The van der Waals surface area contributed by atoms with Gasteiger partial charge in [-0.3, -0.25) is 4.79 Å². The number of amides is 2. The number of rotatable bonds is 6. The molecule has 0 spiro atoms. The minimum atomic E-state index is -1.66. The molecule has 8 heteroatoms. The Bertz CT molecular complexity index is 1510. The second-order valence-electron chi connectivity index (χ2n) is 10.2. The minimum absolute atomic E-state index is 0.176. The summed E-state index contributed by atoms with van der Waals surface area (Å²) in [5.41, 5.74) is 0.149. The Balaban J connectivity index is 1.92.